The zero-order valence-corrected chi connectivity index (χ0v) is 9.18. The van der Waals surface area contributed by atoms with Crippen molar-refractivity contribution < 1.29 is 4.79 Å². The highest BCUT2D eigenvalue weighted by molar-refractivity contribution is 5.73. The molecule has 0 aromatic rings. The largest absolute Gasteiger partial charge is 0.354 e. The van der Waals surface area contributed by atoms with E-state index < -0.39 is 0 Å². The van der Waals surface area contributed by atoms with E-state index >= 15 is 0 Å². The van der Waals surface area contributed by atoms with Crippen LogP contribution in [0.4, 0.5) is 0 Å². The molecule has 2 heteroatoms. The van der Waals surface area contributed by atoms with Gasteiger partial charge in [0.05, 0.1) is 0 Å². The number of hydrogen-bond acceptors (Lipinski definition) is 1. The second-order valence-corrected chi connectivity index (χ2v) is 4.68. The van der Waals surface area contributed by atoms with Gasteiger partial charge < -0.3 is 5.32 Å². The SMILES string of the molecule is CCC1(C(C)C)CC(NC(C)=O)C1. The predicted molar refractivity (Wildman–Crippen MR) is 54.4 cm³/mol. The standard InChI is InChI=1S/C11H21NO/c1-5-11(8(2)3)6-10(7-11)12-9(4)13/h8,10H,5-7H2,1-4H3,(H,12,13). The van der Waals surface area contributed by atoms with Crippen LogP contribution in [-0.2, 0) is 4.79 Å². The Hall–Kier alpha value is -0.530. The Morgan fingerprint density at radius 1 is 1.54 bits per heavy atom. The van der Waals surface area contributed by atoms with Crippen molar-refractivity contribution in [1.29, 1.82) is 0 Å². The summed E-state index contributed by atoms with van der Waals surface area (Å²) in [6.45, 7) is 8.42. The van der Waals surface area contributed by atoms with Crippen LogP contribution in [0, 0.1) is 11.3 Å². The van der Waals surface area contributed by atoms with Crippen molar-refractivity contribution in [2.75, 3.05) is 0 Å². The Morgan fingerprint density at radius 2 is 2.08 bits per heavy atom. The van der Waals surface area contributed by atoms with E-state index in [-0.39, 0.29) is 5.91 Å². The molecule has 0 bridgehead atoms. The molecule has 1 N–H and O–H groups in total. The van der Waals surface area contributed by atoms with Gasteiger partial charge >= 0.3 is 0 Å². The lowest BCUT2D eigenvalue weighted by Crippen LogP contribution is -2.52. The molecule has 76 valence electrons. The number of carbonyl (C=O) groups excluding carboxylic acids is 1. The predicted octanol–water partition coefficient (Wildman–Crippen LogP) is 2.34. The minimum atomic E-state index is 0.110. The van der Waals surface area contributed by atoms with Crippen LogP contribution in [0.25, 0.3) is 0 Å². The highest BCUT2D eigenvalue weighted by atomic mass is 16.1. The summed E-state index contributed by atoms with van der Waals surface area (Å²) in [6.07, 6.45) is 3.57. The van der Waals surface area contributed by atoms with Gasteiger partial charge in [0.15, 0.2) is 0 Å². The molecule has 1 aliphatic carbocycles. The Balaban J connectivity index is 2.40. The molecule has 2 nitrogen and oxygen atoms in total. The van der Waals surface area contributed by atoms with Crippen molar-refractivity contribution in [2.24, 2.45) is 11.3 Å². The molecule has 1 amide bonds. The van der Waals surface area contributed by atoms with Crippen molar-refractivity contribution in [2.45, 2.75) is 53.0 Å². The fourth-order valence-electron chi connectivity index (χ4n) is 2.48. The van der Waals surface area contributed by atoms with E-state index in [1.165, 1.54) is 19.3 Å². The molecule has 1 rings (SSSR count). The highest BCUT2D eigenvalue weighted by Crippen LogP contribution is 2.49. The van der Waals surface area contributed by atoms with Gasteiger partial charge in [-0.3, -0.25) is 4.79 Å². The van der Waals surface area contributed by atoms with Crippen LogP contribution in [-0.4, -0.2) is 11.9 Å². The van der Waals surface area contributed by atoms with Gasteiger partial charge in [0.1, 0.15) is 0 Å². The van der Waals surface area contributed by atoms with Crippen LogP contribution in [0.1, 0.15) is 47.0 Å². The summed E-state index contributed by atoms with van der Waals surface area (Å²) >= 11 is 0. The summed E-state index contributed by atoms with van der Waals surface area (Å²) in [6, 6.07) is 0.444. The fraction of sp³-hybridized carbons (Fsp3) is 0.909. The molecule has 0 radical (unpaired) electrons. The number of amides is 1. The van der Waals surface area contributed by atoms with E-state index in [9.17, 15) is 4.79 Å². The Labute approximate surface area is 81.1 Å². The highest BCUT2D eigenvalue weighted by Gasteiger charge is 2.44. The Bertz CT molecular complexity index is 192. The van der Waals surface area contributed by atoms with Crippen molar-refractivity contribution in [3.05, 3.63) is 0 Å². The minimum absolute atomic E-state index is 0.110. The van der Waals surface area contributed by atoms with E-state index in [4.69, 9.17) is 0 Å². The first-order chi connectivity index (χ1) is 6.00. The average Bonchev–Trinajstić information content (AvgIpc) is 1.94. The zero-order chi connectivity index (χ0) is 10.1. The summed E-state index contributed by atoms with van der Waals surface area (Å²) < 4.78 is 0. The molecule has 1 aliphatic rings. The summed E-state index contributed by atoms with van der Waals surface area (Å²) in [7, 11) is 0. The molecule has 13 heavy (non-hydrogen) atoms. The Morgan fingerprint density at radius 3 is 2.38 bits per heavy atom. The molecule has 0 unspecified atom stereocenters. The summed E-state index contributed by atoms with van der Waals surface area (Å²) in [5, 5.41) is 2.98. The maximum Gasteiger partial charge on any atom is 0.217 e. The lowest BCUT2D eigenvalue weighted by atomic mass is 9.58. The topological polar surface area (TPSA) is 29.1 Å². The van der Waals surface area contributed by atoms with Gasteiger partial charge in [0.25, 0.3) is 0 Å². The molecule has 0 aromatic heterocycles. The second kappa shape index (κ2) is 3.69. The Kier molecular flexibility index (Phi) is 2.99. The van der Waals surface area contributed by atoms with Gasteiger partial charge in [0.2, 0.25) is 5.91 Å². The molecular formula is C11H21NO. The molecule has 0 heterocycles. The number of hydrogen-bond donors (Lipinski definition) is 1. The molecule has 1 saturated carbocycles. The van der Waals surface area contributed by atoms with E-state index in [0.29, 0.717) is 11.5 Å². The van der Waals surface area contributed by atoms with Crippen molar-refractivity contribution in [3.63, 3.8) is 0 Å². The van der Waals surface area contributed by atoms with Crippen LogP contribution in [0.3, 0.4) is 0 Å². The average molecular weight is 183 g/mol. The number of rotatable bonds is 3. The molecule has 0 aliphatic heterocycles. The quantitative estimate of drug-likeness (QED) is 0.715. The fourth-order valence-corrected chi connectivity index (χ4v) is 2.48. The molecule has 0 atom stereocenters. The summed E-state index contributed by atoms with van der Waals surface area (Å²) in [4.78, 5) is 10.8. The van der Waals surface area contributed by atoms with Gasteiger partial charge in [-0.05, 0) is 24.2 Å². The maximum atomic E-state index is 10.8. The first-order valence-corrected chi connectivity index (χ1v) is 5.27. The van der Waals surface area contributed by atoms with Gasteiger partial charge in [0, 0.05) is 13.0 Å². The summed E-state index contributed by atoms with van der Waals surface area (Å²) in [5.74, 6) is 0.848. The molecule has 0 aromatic carbocycles. The molecule has 1 fully saturated rings. The van der Waals surface area contributed by atoms with E-state index in [0.717, 1.165) is 5.92 Å². The smallest absolute Gasteiger partial charge is 0.217 e. The lowest BCUT2D eigenvalue weighted by molar-refractivity contribution is -0.121. The van der Waals surface area contributed by atoms with E-state index in [1.54, 1.807) is 6.92 Å². The monoisotopic (exact) mass is 183 g/mol. The normalized spacial score (nSPS) is 32.8. The van der Waals surface area contributed by atoms with E-state index in [1.807, 2.05) is 0 Å². The van der Waals surface area contributed by atoms with Crippen LogP contribution < -0.4 is 5.32 Å². The lowest BCUT2D eigenvalue weighted by Gasteiger charge is -2.50. The van der Waals surface area contributed by atoms with E-state index in [2.05, 4.69) is 26.1 Å². The third-order valence-corrected chi connectivity index (χ3v) is 3.64. The van der Waals surface area contributed by atoms with Crippen LogP contribution >= 0.6 is 0 Å². The third kappa shape index (κ3) is 2.04. The van der Waals surface area contributed by atoms with Gasteiger partial charge in [-0.25, -0.2) is 0 Å². The maximum absolute atomic E-state index is 10.8. The third-order valence-electron chi connectivity index (χ3n) is 3.64. The molecule has 0 spiro atoms. The summed E-state index contributed by atoms with van der Waals surface area (Å²) in [5.41, 5.74) is 0.507. The van der Waals surface area contributed by atoms with Gasteiger partial charge in [-0.15, -0.1) is 0 Å². The number of nitrogens with one attached hydrogen (secondary N) is 1. The van der Waals surface area contributed by atoms with Gasteiger partial charge in [-0.2, -0.15) is 0 Å². The van der Waals surface area contributed by atoms with Crippen LogP contribution in [0.5, 0.6) is 0 Å². The zero-order valence-electron chi connectivity index (χ0n) is 9.18. The second-order valence-electron chi connectivity index (χ2n) is 4.68. The van der Waals surface area contributed by atoms with Crippen LogP contribution in [0.2, 0.25) is 0 Å². The molecule has 0 saturated heterocycles. The van der Waals surface area contributed by atoms with Crippen molar-refractivity contribution >= 4 is 5.91 Å². The van der Waals surface area contributed by atoms with Crippen molar-refractivity contribution in [1.82, 2.24) is 5.32 Å². The first-order valence-electron chi connectivity index (χ1n) is 5.27. The minimum Gasteiger partial charge on any atom is -0.354 e. The van der Waals surface area contributed by atoms with Crippen molar-refractivity contribution in [3.8, 4) is 0 Å². The number of carbonyl (C=O) groups is 1. The first kappa shape index (κ1) is 10.6. The molecular weight excluding hydrogens is 162 g/mol. The van der Waals surface area contributed by atoms with Crippen LogP contribution in [0.15, 0.2) is 0 Å². The van der Waals surface area contributed by atoms with Gasteiger partial charge in [-0.1, -0.05) is 27.2 Å².